The van der Waals surface area contributed by atoms with Crippen LogP contribution in [-0.2, 0) is 12.8 Å². The normalized spacial score (nSPS) is 14.1. The first-order valence-electron chi connectivity index (χ1n) is 5.17. The number of hydrogen-bond donors (Lipinski definition) is 1. The van der Waals surface area contributed by atoms with Crippen LogP contribution in [0.1, 0.15) is 17.5 Å². The lowest BCUT2D eigenvalue weighted by molar-refractivity contribution is 0.436. The first kappa shape index (κ1) is 8.53. The standard InChI is InChI=1S/C12H12N2O/c13-12-11(7-14-15-12)10-6-2-4-8-3-1-5-9(8)10/h2,4,6-7H,1,3,5,13H2. The van der Waals surface area contributed by atoms with E-state index in [2.05, 4.69) is 23.4 Å². The minimum Gasteiger partial charge on any atom is -0.367 e. The van der Waals surface area contributed by atoms with Gasteiger partial charge in [-0.2, -0.15) is 0 Å². The van der Waals surface area contributed by atoms with Gasteiger partial charge in [0.25, 0.3) is 0 Å². The van der Waals surface area contributed by atoms with Crippen LogP contribution in [0.2, 0.25) is 0 Å². The highest BCUT2D eigenvalue weighted by Crippen LogP contribution is 2.34. The van der Waals surface area contributed by atoms with Crippen molar-refractivity contribution in [2.24, 2.45) is 0 Å². The first-order chi connectivity index (χ1) is 7.36. The van der Waals surface area contributed by atoms with E-state index in [1.165, 1.54) is 29.5 Å². The second-order valence-electron chi connectivity index (χ2n) is 3.90. The van der Waals surface area contributed by atoms with E-state index in [0.717, 1.165) is 12.0 Å². The van der Waals surface area contributed by atoms with E-state index in [4.69, 9.17) is 10.3 Å². The van der Waals surface area contributed by atoms with Crippen LogP contribution in [0.25, 0.3) is 11.1 Å². The summed E-state index contributed by atoms with van der Waals surface area (Å²) in [7, 11) is 0. The van der Waals surface area contributed by atoms with E-state index in [1.54, 1.807) is 6.20 Å². The molecule has 0 amide bonds. The van der Waals surface area contributed by atoms with Crippen LogP contribution in [0.4, 0.5) is 5.88 Å². The van der Waals surface area contributed by atoms with E-state index in [9.17, 15) is 0 Å². The molecule has 0 atom stereocenters. The largest absolute Gasteiger partial charge is 0.367 e. The molecule has 3 rings (SSSR count). The number of benzene rings is 1. The predicted octanol–water partition coefficient (Wildman–Crippen LogP) is 2.41. The number of hydrogen-bond acceptors (Lipinski definition) is 3. The van der Waals surface area contributed by atoms with Gasteiger partial charge in [0.2, 0.25) is 5.88 Å². The highest BCUT2D eigenvalue weighted by atomic mass is 16.5. The molecule has 3 nitrogen and oxygen atoms in total. The van der Waals surface area contributed by atoms with Crippen molar-refractivity contribution in [3.63, 3.8) is 0 Å². The minimum absolute atomic E-state index is 0.412. The number of fused-ring (bicyclic) bond motifs is 1. The monoisotopic (exact) mass is 200 g/mol. The molecule has 0 fully saturated rings. The van der Waals surface area contributed by atoms with E-state index in [1.807, 2.05) is 0 Å². The molecule has 0 spiro atoms. The van der Waals surface area contributed by atoms with Crippen LogP contribution >= 0.6 is 0 Å². The highest BCUT2D eigenvalue weighted by Gasteiger charge is 2.17. The summed E-state index contributed by atoms with van der Waals surface area (Å²) in [4.78, 5) is 0. The Balaban J connectivity index is 2.21. The summed E-state index contributed by atoms with van der Waals surface area (Å²) in [6.45, 7) is 0. The Morgan fingerprint density at radius 1 is 1.20 bits per heavy atom. The molecular weight excluding hydrogens is 188 g/mol. The molecule has 0 unspecified atom stereocenters. The van der Waals surface area contributed by atoms with Gasteiger partial charge < -0.3 is 10.3 Å². The summed E-state index contributed by atoms with van der Waals surface area (Å²) < 4.78 is 4.91. The van der Waals surface area contributed by atoms with Gasteiger partial charge in [0.1, 0.15) is 0 Å². The number of anilines is 1. The van der Waals surface area contributed by atoms with Crippen molar-refractivity contribution < 1.29 is 4.52 Å². The van der Waals surface area contributed by atoms with Gasteiger partial charge in [-0.1, -0.05) is 23.4 Å². The first-order valence-corrected chi connectivity index (χ1v) is 5.17. The third kappa shape index (κ3) is 1.23. The second-order valence-corrected chi connectivity index (χ2v) is 3.90. The van der Waals surface area contributed by atoms with E-state index in [0.29, 0.717) is 5.88 Å². The van der Waals surface area contributed by atoms with Crippen LogP contribution in [0.5, 0.6) is 0 Å². The molecule has 0 saturated heterocycles. The van der Waals surface area contributed by atoms with Crippen molar-refractivity contribution in [1.82, 2.24) is 5.16 Å². The molecule has 0 aliphatic heterocycles. The minimum atomic E-state index is 0.412. The number of nitrogens with zero attached hydrogens (tertiary/aromatic N) is 1. The summed E-state index contributed by atoms with van der Waals surface area (Å²) in [6, 6.07) is 6.36. The molecule has 15 heavy (non-hydrogen) atoms. The Morgan fingerprint density at radius 2 is 2.13 bits per heavy atom. The Labute approximate surface area is 87.9 Å². The van der Waals surface area contributed by atoms with Crippen molar-refractivity contribution in [2.45, 2.75) is 19.3 Å². The molecule has 1 aliphatic rings. The van der Waals surface area contributed by atoms with Crippen LogP contribution in [0, 0.1) is 0 Å². The Bertz CT molecular complexity index is 502. The van der Waals surface area contributed by atoms with E-state index >= 15 is 0 Å². The summed E-state index contributed by atoms with van der Waals surface area (Å²) in [5.41, 5.74) is 10.7. The highest BCUT2D eigenvalue weighted by molar-refractivity contribution is 5.76. The number of nitrogen functional groups attached to an aromatic ring is 1. The van der Waals surface area contributed by atoms with E-state index in [-0.39, 0.29) is 0 Å². The molecule has 0 saturated carbocycles. The Kier molecular flexibility index (Phi) is 1.78. The maximum atomic E-state index is 5.74. The molecule has 1 aromatic heterocycles. The average Bonchev–Trinajstić information content (AvgIpc) is 2.85. The van der Waals surface area contributed by atoms with Gasteiger partial charge in [-0.25, -0.2) is 0 Å². The number of nitrogens with two attached hydrogens (primary N) is 1. The molecule has 1 aromatic carbocycles. The zero-order valence-corrected chi connectivity index (χ0v) is 8.36. The van der Waals surface area contributed by atoms with Gasteiger partial charge in [-0.3, -0.25) is 0 Å². The number of aromatic nitrogens is 1. The fourth-order valence-electron chi connectivity index (χ4n) is 2.32. The van der Waals surface area contributed by atoms with Crippen molar-refractivity contribution in [2.75, 3.05) is 5.73 Å². The molecule has 76 valence electrons. The molecule has 0 bridgehead atoms. The maximum absolute atomic E-state index is 5.74. The van der Waals surface area contributed by atoms with Gasteiger partial charge in [0.05, 0.1) is 11.8 Å². The SMILES string of the molecule is Nc1oncc1-c1cccc2c1CCC2. The van der Waals surface area contributed by atoms with Crippen molar-refractivity contribution in [3.05, 3.63) is 35.5 Å². The summed E-state index contributed by atoms with van der Waals surface area (Å²) in [6.07, 6.45) is 5.24. The van der Waals surface area contributed by atoms with Crippen molar-refractivity contribution in [3.8, 4) is 11.1 Å². The van der Waals surface area contributed by atoms with E-state index < -0.39 is 0 Å². The molecule has 0 radical (unpaired) electrons. The summed E-state index contributed by atoms with van der Waals surface area (Å²) in [5.74, 6) is 0.412. The van der Waals surface area contributed by atoms with Gasteiger partial charge in [0, 0.05) is 0 Å². The van der Waals surface area contributed by atoms with Gasteiger partial charge >= 0.3 is 0 Å². The topological polar surface area (TPSA) is 52.0 Å². The zero-order chi connectivity index (χ0) is 10.3. The number of aryl methyl sites for hydroxylation is 1. The lowest BCUT2D eigenvalue weighted by Crippen LogP contribution is -1.90. The van der Waals surface area contributed by atoms with Crippen molar-refractivity contribution in [1.29, 1.82) is 0 Å². The average molecular weight is 200 g/mol. The second kappa shape index (κ2) is 3.12. The van der Waals surface area contributed by atoms with Crippen LogP contribution < -0.4 is 5.73 Å². The van der Waals surface area contributed by atoms with Crippen LogP contribution in [0.3, 0.4) is 0 Å². The predicted molar refractivity (Wildman–Crippen MR) is 58.4 cm³/mol. The third-order valence-electron chi connectivity index (χ3n) is 3.03. The fourth-order valence-corrected chi connectivity index (χ4v) is 2.32. The fraction of sp³-hybridized carbons (Fsp3) is 0.250. The lowest BCUT2D eigenvalue weighted by atomic mass is 9.99. The van der Waals surface area contributed by atoms with Crippen molar-refractivity contribution >= 4 is 5.88 Å². The van der Waals surface area contributed by atoms with Crippen LogP contribution in [-0.4, -0.2) is 5.16 Å². The smallest absolute Gasteiger partial charge is 0.229 e. The number of rotatable bonds is 1. The molecule has 1 aliphatic carbocycles. The molecule has 2 N–H and O–H groups in total. The Morgan fingerprint density at radius 3 is 2.93 bits per heavy atom. The molecule has 2 aromatic rings. The molecule has 3 heteroatoms. The van der Waals surface area contributed by atoms with Crippen LogP contribution in [0.15, 0.2) is 28.9 Å². The lowest BCUT2D eigenvalue weighted by Gasteiger charge is -2.05. The molecular formula is C12H12N2O. The molecule has 1 heterocycles. The zero-order valence-electron chi connectivity index (χ0n) is 8.36. The van der Waals surface area contributed by atoms with Gasteiger partial charge in [-0.05, 0) is 36.0 Å². The quantitative estimate of drug-likeness (QED) is 0.769. The maximum Gasteiger partial charge on any atom is 0.229 e. The summed E-state index contributed by atoms with van der Waals surface area (Å²) in [5, 5.41) is 3.72. The third-order valence-corrected chi connectivity index (χ3v) is 3.03. The van der Waals surface area contributed by atoms with Gasteiger partial charge in [-0.15, -0.1) is 0 Å². The summed E-state index contributed by atoms with van der Waals surface area (Å²) >= 11 is 0. The van der Waals surface area contributed by atoms with Gasteiger partial charge in [0.15, 0.2) is 0 Å². The Hall–Kier alpha value is -1.77.